The third-order valence-electron chi connectivity index (χ3n) is 3.41. The van der Waals surface area contributed by atoms with Crippen LogP contribution >= 0.6 is 0 Å². The maximum atomic E-state index is 12.4. The van der Waals surface area contributed by atoms with E-state index in [-0.39, 0.29) is 10.8 Å². The Balaban J connectivity index is 2.22. The van der Waals surface area contributed by atoms with Gasteiger partial charge in [-0.05, 0) is 49.7 Å². The van der Waals surface area contributed by atoms with Crippen LogP contribution in [0.15, 0.2) is 47.4 Å². The van der Waals surface area contributed by atoms with Crippen molar-refractivity contribution in [2.24, 2.45) is 0 Å². The van der Waals surface area contributed by atoms with Crippen molar-refractivity contribution in [3.05, 3.63) is 53.6 Å². The molecule has 1 amide bonds. The van der Waals surface area contributed by atoms with Gasteiger partial charge in [0.05, 0.1) is 10.6 Å². The molecule has 23 heavy (non-hydrogen) atoms. The van der Waals surface area contributed by atoms with Crippen LogP contribution in [0.2, 0.25) is 0 Å². The van der Waals surface area contributed by atoms with Crippen LogP contribution in [0.4, 0.5) is 11.4 Å². The molecule has 0 aliphatic carbocycles. The molecule has 122 valence electrons. The molecule has 0 aromatic heterocycles. The second-order valence-corrected chi connectivity index (χ2v) is 7.03. The summed E-state index contributed by atoms with van der Waals surface area (Å²) in [6.45, 7) is 5.46. The highest BCUT2D eigenvalue weighted by atomic mass is 32.2. The average molecular weight is 332 g/mol. The molecule has 0 fully saturated rings. The van der Waals surface area contributed by atoms with Crippen molar-refractivity contribution in [2.75, 3.05) is 10.0 Å². The number of carbonyl (C=O) groups excluding carboxylic acids is 1. The molecule has 6 heteroatoms. The first-order valence-corrected chi connectivity index (χ1v) is 8.80. The topological polar surface area (TPSA) is 75.3 Å². The van der Waals surface area contributed by atoms with Gasteiger partial charge >= 0.3 is 0 Å². The molecule has 0 saturated heterocycles. The van der Waals surface area contributed by atoms with Gasteiger partial charge in [0.1, 0.15) is 0 Å². The Morgan fingerprint density at radius 2 is 1.70 bits per heavy atom. The fraction of sp³-hybridized carbons (Fsp3) is 0.235. The predicted molar refractivity (Wildman–Crippen MR) is 92.1 cm³/mol. The first-order chi connectivity index (χ1) is 10.8. The van der Waals surface area contributed by atoms with Crippen molar-refractivity contribution >= 4 is 27.3 Å². The van der Waals surface area contributed by atoms with Crippen LogP contribution in [0.1, 0.15) is 24.5 Å². The summed E-state index contributed by atoms with van der Waals surface area (Å²) in [5.41, 5.74) is 2.86. The molecule has 0 radical (unpaired) electrons. The van der Waals surface area contributed by atoms with Gasteiger partial charge in [-0.25, -0.2) is 8.42 Å². The molecule has 2 N–H and O–H groups in total. The summed E-state index contributed by atoms with van der Waals surface area (Å²) in [5, 5.41) is 2.74. The van der Waals surface area contributed by atoms with E-state index in [4.69, 9.17) is 0 Å². The van der Waals surface area contributed by atoms with Crippen LogP contribution in [0, 0.1) is 13.8 Å². The number of nitrogens with one attached hydrogen (secondary N) is 2. The van der Waals surface area contributed by atoms with Gasteiger partial charge in [0.25, 0.3) is 10.0 Å². The Morgan fingerprint density at radius 3 is 2.26 bits per heavy atom. The van der Waals surface area contributed by atoms with Crippen LogP contribution in [0.3, 0.4) is 0 Å². The van der Waals surface area contributed by atoms with Gasteiger partial charge in [0.15, 0.2) is 0 Å². The quantitative estimate of drug-likeness (QED) is 0.880. The van der Waals surface area contributed by atoms with Crippen molar-refractivity contribution in [1.82, 2.24) is 0 Å². The van der Waals surface area contributed by atoms with Gasteiger partial charge in [-0.2, -0.15) is 0 Å². The van der Waals surface area contributed by atoms with E-state index in [0.717, 1.165) is 11.1 Å². The van der Waals surface area contributed by atoms with Crippen molar-refractivity contribution in [1.29, 1.82) is 0 Å². The molecule has 2 rings (SSSR count). The molecule has 0 atom stereocenters. The van der Waals surface area contributed by atoms with Crippen molar-refractivity contribution in [3.63, 3.8) is 0 Å². The molecule has 0 aliphatic rings. The van der Waals surface area contributed by atoms with Crippen molar-refractivity contribution in [3.8, 4) is 0 Å². The van der Waals surface area contributed by atoms with E-state index in [2.05, 4.69) is 10.0 Å². The number of amides is 1. The Morgan fingerprint density at radius 1 is 1.04 bits per heavy atom. The molecular weight excluding hydrogens is 312 g/mol. The highest BCUT2D eigenvalue weighted by molar-refractivity contribution is 7.92. The molecule has 0 heterocycles. The second-order valence-electron chi connectivity index (χ2n) is 5.35. The van der Waals surface area contributed by atoms with Crippen LogP contribution in [-0.2, 0) is 14.8 Å². The van der Waals surface area contributed by atoms with Gasteiger partial charge in [-0.15, -0.1) is 0 Å². The summed E-state index contributed by atoms with van der Waals surface area (Å²) in [4.78, 5) is 11.6. The van der Waals surface area contributed by atoms with E-state index in [1.165, 1.54) is 0 Å². The first kappa shape index (κ1) is 17.0. The van der Waals surface area contributed by atoms with Gasteiger partial charge in [-0.3, -0.25) is 9.52 Å². The van der Waals surface area contributed by atoms with Gasteiger partial charge in [-0.1, -0.05) is 24.6 Å². The van der Waals surface area contributed by atoms with E-state index in [9.17, 15) is 13.2 Å². The molecule has 0 bridgehead atoms. The highest BCUT2D eigenvalue weighted by Gasteiger charge is 2.15. The molecule has 0 aliphatic heterocycles. The summed E-state index contributed by atoms with van der Waals surface area (Å²) in [6, 6.07) is 11.7. The normalized spacial score (nSPS) is 11.1. The summed E-state index contributed by atoms with van der Waals surface area (Å²) in [7, 11) is -3.63. The number of rotatable bonds is 5. The Bertz CT molecular complexity index is 812. The Hall–Kier alpha value is -2.34. The molecule has 2 aromatic carbocycles. The molecule has 2 aromatic rings. The lowest BCUT2D eigenvalue weighted by atomic mass is 10.2. The second kappa shape index (κ2) is 6.83. The zero-order valence-electron chi connectivity index (χ0n) is 13.4. The first-order valence-electron chi connectivity index (χ1n) is 7.32. The zero-order chi connectivity index (χ0) is 17.0. The molecular formula is C17H20N2O3S. The number of benzene rings is 2. The third-order valence-corrected chi connectivity index (χ3v) is 4.79. The smallest absolute Gasteiger partial charge is 0.261 e. The number of aryl methyl sites for hydroxylation is 2. The van der Waals surface area contributed by atoms with Crippen molar-refractivity contribution in [2.45, 2.75) is 32.1 Å². The number of hydrogen-bond donors (Lipinski definition) is 2. The summed E-state index contributed by atoms with van der Waals surface area (Å²) < 4.78 is 27.4. The number of anilines is 2. The number of hydrogen-bond acceptors (Lipinski definition) is 3. The van der Waals surface area contributed by atoms with Crippen LogP contribution in [0.25, 0.3) is 0 Å². The lowest BCUT2D eigenvalue weighted by Crippen LogP contribution is -2.14. The summed E-state index contributed by atoms with van der Waals surface area (Å²) in [6.07, 6.45) is 0.390. The fourth-order valence-corrected chi connectivity index (χ4v) is 3.16. The van der Waals surface area contributed by atoms with Crippen molar-refractivity contribution < 1.29 is 13.2 Å². The SMILES string of the molecule is CCC(=O)Nc1ccc(NS(=O)(=O)c2ccc(C)cc2)c(C)c1. The van der Waals surface area contributed by atoms with Gasteiger partial charge in [0.2, 0.25) is 5.91 Å². The monoisotopic (exact) mass is 332 g/mol. The van der Waals surface area contributed by atoms with E-state index in [0.29, 0.717) is 17.8 Å². The minimum absolute atomic E-state index is 0.0858. The van der Waals surface area contributed by atoms with Gasteiger partial charge < -0.3 is 5.32 Å². The maximum absolute atomic E-state index is 12.4. The number of sulfonamides is 1. The minimum atomic E-state index is -3.63. The Labute approximate surface area is 136 Å². The molecule has 0 spiro atoms. The molecule has 0 unspecified atom stereocenters. The fourth-order valence-electron chi connectivity index (χ4n) is 2.03. The predicted octanol–water partition coefficient (Wildman–Crippen LogP) is 3.45. The lowest BCUT2D eigenvalue weighted by Gasteiger charge is -2.12. The molecule has 5 nitrogen and oxygen atoms in total. The van der Waals surface area contributed by atoms with E-state index in [1.807, 2.05) is 6.92 Å². The standard InChI is InChI=1S/C17H20N2O3S/c1-4-17(20)18-14-7-10-16(13(3)11-14)19-23(21,22)15-8-5-12(2)6-9-15/h5-11,19H,4H2,1-3H3,(H,18,20). The highest BCUT2D eigenvalue weighted by Crippen LogP contribution is 2.23. The minimum Gasteiger partial charge on any atom is -0.326 e. The number of carbonyl (C=O) groups is 1. The van der Waals surface area contributed by atoms with E-state index < -0.39 is 10.0 Å². The van der Waals surface area contributed by atoms with E-state index in [1.54, 1.807) is 56.3 Å². The zero-order valence-corrected chi connectivity index (χ0v) is 14.2. The lowest BCUT2D eigenvalue weighted by molar-refractivity contribution is -0.115. The maximum Gasteiger partial charge on any atom is 0.261 e. The molecule has 0 saturated carbocycles. The van der Waals surface area contributed by atoms with Crippen LogP contribution in [-0.4, -0.2) is 14.3 Å². The average Bonchev–Trinajstić information content (AvgIpc) is 2.50. The summed E-state index contributed by atoms with van der Waals surface area (Å²) >= 11 is 0. The Kier molecular flexibility index (Phi) is 5.05. The van der Waals surface area contributed by atoms with Crippen LogP contribution < -0.4 is 10.0 Å². The van der Waals surface area contributed by atoms with E-state index >= 15 is 0 Å². The summed E-state index contributed by atoms with van der Waals surface area (Å²) in [5.74, 6) is -0.0858. The van der Waals surface area contributed by atoms with Crippen LogP contribution in [0.5, 0.6) is 0 Å². The largest absolute Gasteiger partial charge is 0.326 e. The third kappa shape index (κ3) is 4.32. The van der Waals surface area contributed by atoms with Gasteiger partial charge in [0, 0.05) is 12.1 Å².